The molecule has 2 aromatic carbocycles. The van der Waals surface area contributed by atoms with Gasteiger partial charge in [-0.15, -0.1) is 0 Å². The van der Waals surface area contributed by atoms with Gasteiger partial charge in [-0.3, -0.25) is 4.21 Å². The molecule has 3 heterocycles. The Kier molecular flexibility index (Phi) is 5.78. The third-order valence-electron chi connectivity index (χ3n) is 5.91. The lowest BCUT2D eigenvalue weighted by atomic mass is 9.98. The van der Waals surface area contributed by atoms with Crippen LogP contribution in [0.3, 0.4) is 0 Å². The number of hydrogen-bond donors (Lipinski definition) is 0. The molecule has 1 saturated heterocycles. The normalized spacial score (nSPS) is 18.3. The summed E-state index contributed by atoms with van der Waals surface area (Å²) in [7, 11) is -1.12. The molecule has 0 unspecified atom stereocenters. The number of hydrogen-bond acceptors (Lipinski definition) is 6. The Morgan fingerprint density at radius 2 is 1.84 bits per heavy atom. The minimum absolute atomic E-state index is 0.177. The number of aryl methyl sites for hydroxylation is 1. The maximum atomic E-state index is 14.7. The molecule has 1 fully saturated rings. The summed E-state index contributed by atoms with van der Waals surface area (Å²) in [5.74, 6) is 1.78. The topological polar surface area (TPSA) is 64.6 Å². The number of halogens is 1. The first-order chi connectivity index (χ1) is 15.6. The number of benzene rings is 2. The van der Waals surface area contributed by atoms with Crippen molar-refractivity contribution in [2.24, 2.45) is 5.92 Å². The Hall–Kier alpha value is -3.00. The lowest BCUT2D eigenvalue weighted by molar-refractivity contribution is 0.215. The van der Waals surface area contributed by atoms with E-state index >= 15 is 0 Å². The van der Waals surface area contributed by atoms with Crippen LogP contribution in [0.1, 0.15) is 18.4 Å². The second kappa shape index (κ2) is 8.86. The fourth-order valence-electron chi connectivity index (χ4n) is 4.02. The average Bonchev–Trinajstić information content (AvgIpc) is 3.19. The predicted molar refractivity (Wildman–Crippen MR) is 121 cm³/mol. The van der Waals surface area contributed by atoms with Crippen molar-refractivity contribution < 1.29 is 18.1 Å². The number of aromatic nitrogens is 2. The Balaban J connectivity index is 1.18. The largest absolute Gasteiger partial charge is 0.490 e. The van der Waals surface area contributed by atoms with Crippen molar-refractivity contribution >= 4 is 16.7 Å². The summed E-state index contributed by atoms with van der Waals surface area (Å²) in [5.41, 5.74) is 2.59. The highest BCUT2D eigenvalue weighted by molar-refractivity contribution is 7.85. The summed E-state index contributed by atoms with van der Waals surface area (Å²) in [6.07, 6.45) is 5.57. The summed E-state index contributed by atoms with van der Waals surface area (Å²) in [6, 6.07) is 10.4. The average molecular weight is 454 g/mol. The van der Waals surface area contributed by atoms with Gasteiger partial charge in [-0.05, 0) is 66.6 Å². The highest BCUT2D eigenvalue weighted by Crippen LogP contribution is 2.34. The molecule has 3 aromatic rings. The van der Waals surface area contributed by atoms with Gasteiger partial charge >= 0.3 is 0 Å². The first-order valence-corrected chi connectivity index (χ1v) is 12.0. The number of anilines is 1. The van der Waals surface area contributed by atoms with Gasteiger partial charge in [-0.25, -0.2) is 14.4 Å². The Morgan fingerprint density at radius 1 is 1.12 bits per heavy atom. The van der Waals surface area contributed by atoms with Gasteiger partial charge in [0.1, 0.15) is 5.75 Å². The molecular formula is C24H24FN3O3S. The van der Waals surface area contributed by atoms with Gasteiger partial charge in [0.25, 0.3) is 0 Å². The molecule has 0 aliphatic carbocycles. The number of rotatable bonds is 5. The highest BCUT2D eigenvalue weighted by Gasteiger charge is 2.23. The molecule has 2 aliphatic heterocycles. The van der Waals surface area contributed by atoms with Crippen LogP contribution in [0, 0.1) is 18.7 Å². The van der Waals surface area contributed by atoms with E-state index in [1.807, 2.05) is 31.5 Å². The van der Waals surface area contributed by atoms with E-state index in [1.165, 1.54) is 6.07 Å². The number of ether oxygens (including phenoxy) is 2. The van der Waals surface area contributed by atoms with Crippen molar-refractivity contribution in [3.05, 3.63) is 60.2 Å². The van der Waals surface area contributed by atoms with E-state index in [2.05, 4.69) is 14.9 Å². The zero-order valence-electron chi connectivity index (χ0n) is 17.8. The van der Waals surface area contributed by atoms with Gasteiger partial charge in [0.05, 0.1) is 22.3 Å². The van der Waals surface area contributed by atoms with Gasteiger partial charge in [-0.1, -0.05) is 12.1 Å². The molecule has 0 radical (unpaired) electrons. The lowest BCUT2D eigenvalue weighted by Crippen LogP contribution is -2.36. The van der Waals surface area contributed by atoms with Crippen LogP contribution in [0.5, 0.6) is 11.5 Å². The third-order valence-corrected chi connectivity index (χ3v) is 7.07. The molecule has 0 N–H and O–H groups in total. The number of fused-ring (bicyclic) bond motifs is 1. The van der Waals surface area contributed by atoms with Crippen molar-refractivity contribution in [1.82, 2.24) is 9.97 Å². The second-order valence-electron chi connectivity index (χ2n) is 8.22. The summed E-state index contributed by atoms with van der Waals surface area (Å²) in [6.45, 7) is 4.19. The van der Waals surface area contributed by atoms with Crippen LogP contribution in [0.2, 0.25) is 0 Å². The van der Waals surface area contributed by atoms with Crippen LogP contribution in [-0.2, 0) is 10.8 Å². The van der Waals surface area contributed by atoms with Crippen molar-refractivity contribution in [3.63, 3.8) is 0 Å². The molecular weight excluding hydrogens is 429 g/mol. The molecule has 166 valence electrons. The minimum atomic E-state index is -1.12. The van der Waals surface area contributed by atoms with Crippen molar-refractivity contribution in [3.8, 4) is 22.6 Å². The predicted octanol–water partition coefficient (Wildman–Crippen LogP) is 4.34. The zero-order valence-corrected chi connectivity index (χ0v) is 18.6. The fourth-order valence-corrected chi connectivity index (χ4v) is 4.95. The summed E-state index contributed by atoms with van der Waals surface area (Å²) in [5, 5.41) is 0. The van der Waals surface area contributed by atoms with Crippen LogP contribution < -0.4 is 14.4 Å². The molecule has 8 heteroatoms. The lowest BCUT2D eigenvalue weighted by Gasteiger charge is -2.31. The smallest absolute Gasteiger partial charge is 0.225 e. The molecule has 1 aromatic heterocycles. The van der Waals surface area contributed by atoms with E-state index < -0.39 is 16.6 Å². The zero-order chi connectivity index (χ0) is 22.1. The fraction of sp³-hybridized carbons (Fsp3) is 0.333. The number of piperidine rings is 1. The van der Waals surface area contributed by atoms with E-state index in [9.17, 15) is 8.60 Å². The van der Waals surface area contributed by atoms with Gasteiger partial charge in [0, 0.05) is 25.5 Å². The standard InChI is InChI=1S/C24H24FN3O3S/c1-16-12-26-24(27-13-16)28-8-6-17(7-9-28)14-30-21-4-2-18(10-20(21)25)19-3-5-23-22(11-19)31-15-32(23)29/h2-5,10-13,17H,6-9,14-15H2,1H3/t32-/m0/s1. The summed E-state index contributed by atoms with van der Waals surface area (Å²) < 4.78 is 37.8. The Morgan fingerprint density at radius 3 is 2.59 bits per heavy atom. The van der Waals surface area contributed by atoms with Crippen LogP contribution >= 0.6 is 0 Å². The molecule has 0 saturated carbocycles. The monoisotopic (exact) mass is 453 g/mol. The molecule has 0 spiro atoms. The maximum Gasteiger partial charge on any atom is 0.225 e. The van der Waals surface area contributed by atoms with Crippen LogP contribution in [0.25, 0.3) is 11.1 Å². The third kappa shape index (κ3) is 4.32. The van der Waals surface area contributed by atoms with Crippen LogP contribution in [0.15, 0.2) is 53.7 Å². The molecule has 1 atom stereocenters. The minimum Gasteiger partial charge on any atom is -0.490 e. The molecule has 32 heavy (non-hydrogen) atoms. The van der Waals surface area contributed by atoms with Gasteiger partial charge in [0.2, 0.25) is 5.95 Å². The van der Waals surface area contributed by atoms with Crippen molar-refractivity contribution in [1.29, 1.82) is 0 Å². The van der Waals surface area contributed by atoms with Crippen molar-refractivity contribution in [2.75, 3.05) is 30.5 Å². The first-order valence-electron chi connectivity index (χ1n) is 10.7. The molecule has 0 bridgehead atoms. The molecule has 5 rings (SSSR count). The van der Waals surface area contributed by atoms with Gasteiger partial charge < -0.3 is 14.4 Å². The molecule has 2 aliphatic rings. The van der Waals surface area contributed by atoms with Crippen LogP contribution in [-0.4, -0.2) is 39.8 Å². The summed E-state index contributed by atoms with van der Waals surface area (Å²) in [4.78, 5) is 11.7. The van der Waals surface area contributed by atoms with E-state index in [0.29, 0.717) is 23.2 Å². The quantitative estimate of drug-likeness (QED) is 0.573. The first kappa shape index (κ1) is 20.9. The Labute approximate surface area is 188 Å². The van der Waals surface area contributed by atoms with E-state index in [1.54, 1.807) is 18.2 Å². The van der Waals surface area contributed by atoms with Crippen LogP contribution in [0.4, 0.5) is 10.3 Å². The molecule has 0 amide bonds. The maximum absolute atomic E-state index is 14.7. The highest BCUT2D eigenvalue weighted by atomic mass is 32.2. The van der Waals surface area contributed by atoms with Gasteiger partial charge in [-0.2, -0.15) is 0 Å². The van der Waals surface area contributed by atoms with E-state index in [4.69, 9.17) is 9.47 Å². The number of nitrogens with zero attached hydrogens (tertiary/aromatic N) is 3. The SMILES string of the molecule is Cc1cnc(N2CCC(COc3ccc(-c4ccc5c(c4)OC[S@@]5=O)cc3F)CC2)nc1. The second-order valence-corrected chi connectivity index (χ2v) is 9.58. The Bertz CT molecular complexity index is 1150. The van der Waals surface area contributed by atoms with Gasteiger partial charge in [0.15, 0.2) is 17.5 Å². The van der Waals surface area contributed by atoms with E-state index in [0.717, 1.165) is 48.6 Å². The van der Waals surface area contributed by atoms with E-state index in [-0.39, 0.29) is 11.7 Å². The van der Waals surface area contributed by atoms with Crippen molar-refractivity contribution in [2.45, 2.75) is 24.7 Å². The molecule has 6 nitrogen and oxygen atoms in total. The summed E-state index contributed by atoms with van der Waals surface area (Å²) >= 11 is 0.